The Morgan fingerprint density at radius 2 is 1.89 bits per heavy atom. The Morgan fingerprint density at radius 1 is 1.17 bits per heavy atom. The Kier molecular flexibility index (Phi) is 7.16. The second kappa shape index (κ2) is 10.1. The van der Waals surface area contributed by atoms with E-state index in [0.29, 0.717) is 23.2 Å². The van der Waals surface area contributed by atoms with Crippen molar-refractivity contribution in [2.75, 3.05) is 14.2 Å². The van der Waals surface area contributed by atoms with E-state index in [1.807, 2.05) is 45.0 Å². The lowest BCUT2D eigenvalue weighted by Crippen LogP contribution is -2.47. The number of ether oxygens (including phenoxy) is 1. The van der Waals surface area contributed by atoms with Crippen molar-refractivity contribution in [3.63, 3.8) is 0 Å². The third-order valence-electron chi connectivity index (χ3n) is 6.59. The molecule has 0 saturated carbocycles. The van der Waals surface area contributed by atoms with Gasteiger partial charge in [-0.15, -0.1) is 0 Å². The predicted molar refractivity (Wildman–Crippen MR) is 142 cm³/mol. The minimum absolute atomic E-state index is 0.0681. The van der Waals surface area contributed by atoms with E-state index in [1.54, 1.807) is 53.7 Å². The van der Waals surface area contributed by atoms with Crippen molar-refractivity contribution in [1.82, 2.24) is 23.8 Å². The predicted octanol–water partition coefficient (Wildman–Crippen LogP) is 3.40. The molecule has 0 saturated heterocycles. The summed E-state index contributed by atoms with van der Waals surface area (Å²) in [5, 5.41) is 5.51. The number of methoxy groups -OCH3 is 1. The minimum atomic E-state index is -0.952. The highest BCUT2D eigenvalue weighted by molar-refractivity contribution is 7.21. The molecule has 1 aromatic carbocycles. The third-order valence-corrected chi connectivity index (χ3v) is 7.90. The standard InChI is InChI=1S/C26H31N5O4S/c1-16(2)28(5)22(32)18(4)31-23(33)21-17(3)24(30-14-9-13-27-30)36-25(21)29(26(31)34)15-12-19-10-7-8-11-20(19)35-6/h7-11,13-14,16,18H,12,15H2,1-6H3/t18-/m0/s1. The first-order valence-corrected chi connectivity index (χ1v) is 12.7. The van der Waals surface area contributed by atoms with Crippen LogP contribution in [0.4, 0.5) is 0 Å². The maximum atomic E-state index is 13.8. The first-order valence-electron chi connectivity index (χ1n) is 11.8. The molecule has 190 valence electrons. The van der Waals surface area contributed by atoms with Crippen LogP contribution in [0.1, 0.15) is 37.9 Å². The molecule has 0 fully saturated rings. The van der Waals surface area contributed by atoms with Crippen LogP contribution in [0.2, 0.25) is 0 Å². The number of aryl methyl sites for hydroxylation is 3. The van der Waals surface area contributed by atoms with E-state index in [-0.39, 0.29) is 11.9 Å². The lowest BCUT2D eigenvalue weighted by Gasteiger charge is -2.26. The normalized spacial score (nSPS) is 12.3. The Balaban J connectivity index is 1.93. The fourth-order valence-electron chi connectivity index (χ4n) is 4.30. The second-order valence-electron chi connectivity index (χ2n) is 9.05. The first kappa shape index (κ1) is 25.4. The monoisotopic (exact) mass is 509 g/mol. The highest BCUT2D eigenvalue weighted by Gasteiger charge is 2.28. The molecule has 4 rings (SSSR count). The fourth-order valence-corrected chi connectivity index (χ4v) is 5.56. The molecular weight excluding hydrogens is 478 g/mol. The molecule has 10 heteroatoms. The van der Waals surface area contributed by atoms with Crippen LogP contribution in [0.15, 0.2) is 52.3 Å². The van der Waals surface area contributed by atoms with Gasteiger partial charge in [0.2, 0.25) is 5.91 Å². The van der Waals surface area contributed by atoms with E-state index in [4.69, 9.17) is 4.74 Å². The van der Waals surface area contributed by atoms with Crippen molar-refractivity contribution < 1.29 is 9.53 Å². The van der Waals surface area contributed by atoms with Crippen LogP contribution in [0, 0.1) is 6.92 Å². The van der Waals surface area contributed by atoms with Crippen LogP contribution >= 0.6 is 11.3 Å². The maximum absolute atomic E-state index is 13.8. The van der Waals surface area contributed by atoms with Crippen molar-refractivity contribution in [3.05, 3.63) is 74.7 Å². The summed E-state index contributed by atoms with van der Waals surface area (Å²) in [7, 11) is 3.29. The second-order valence-corrected chi connectivity index (χ2v) is 10.0. The highest BCUT2D eigenvalue weighted by atomic mass is 32.1. The third kappa shape index (κ3) is 4.37. The van der Waals surface area contributed by atoms with E-state index >= 15 is 0 Å². The molecule has 36 heavy (non-hydrogen) atoms. The Hall–Kier alpha value is -3.66. The molecular formula is C26H31N5O4S. The molecule has 0 aliphatic heterocycles. The Morgan fingerprint density at radius 3 is 2.53 bits per heavy atom. The molecule has 1 atom stereocenters. The van der Waals surface area contributed by atoms with Gasteiger partial charge in [0, 0.05) is 37.6 Å². The number of fused-ring (bicyclic) bond motifs is 1. The number of likely N-dealkylation sites (N-methyl/N-ethyl adjacent to an activating group) is 1. The molecule has 0 aliphatic carbocycles. The number of amides is 1. The van der Waals surface area contributed by atoms with Gasteiger partial charge in [-0.25, -0.2) is 14.0 Å². The molecule has 0 bridgehead atoms. The van der Waals surface area contributed by atoms with E-state index in [1.165, 1.54) is 11.3 Å². The number of hydrogen-bond donors (Lipinski definition) is 0. The molecule has 0 radical (unpaired) electrons. The number of aromatic nitrogens is 4. The summed E-state index contributed by atoms with van der Waals surface area (Å²) in [5.74, 6) is 0.441. The smallest absolute Gasteiger partial charge is 0.332 e. The molecule has 3 heterocycles. The zero-order chi connectivity index (χ0) is 26.1. The van der Waals surface area contributed by atoms with Crippen LogP contribution in [0.5, 0.6) is 5.75 Å². The molecule has 0 aliphatic rings. The molecule has 4 aromatic rings. The number of benzene rings is 1. The van der Waals surface area contributed by atoms with Crippen molar-refractivity contribution in [1.29, 1.82) is 0 Å². The van der Waals surface area contributed by atoms with Gasteiger partial charge in [0.15, 0.2) is 0 Å². The topological polar surface area (TPSA) is 91.4 Å². The zero-order valence-corrected chi connectivity index (χ0v) is 22.2. The summed E-state index contributed by atoms with van der Waals surface area (Å²) in [6, 6.07) is 8.43. The van der Waals surface area contributed by atoms with E-state index in [0.717, 1.165) is 26.4 Å². The Labute approximate surface area is 213 Å². The fraction of sp³-hybridized carbons (Fsp3) is 0.385. The molecule has 9 nitrogen and oxygen atoms in total. The first-order chi connectivity index (χ1) is 17.2. The van der Waals surface area contributed by atoms with Gasteiger partial charge in [0.25, 0.3) is 5.56 Å². The van der Waals surface area contributed by atoms with Crippen LogP contribution in [0.3, 0.4) is 0 Å². The van der Waals surface area contributed by atoms with Crippen LogP contribution < -0.4 is 16.0 Å². The SMILES string of the molecule is COc1ccccc1CCn1c(=O)n([C@@H](C)C(=O)N(C)C(C)C)c(=O)c2c(C)c(-n3cccn3)sc21. The van der Waals surface area contributed by atoms with Crippen LogP contribution in [0.25, 0.3) is 15.2 Å². The number of carbonyl (C=O) groups is 1. The molecule has 0 unspecified atom stereocenters. The minimum Gasteiger partial charge on any atom is -0.496 e. The number of thiophene rings is 1. The molecule has 0 spiro atoms. The zero-order valence-electron chi connectivity index (χ0n) is 21.4. The summed E-state index contributed by atoms with van der Waals surface area (Å²) in [6.45, 7) is 7.55. The van der Waals surface area contributed by atoms with Crippen molar-refractivity contribution in [3.8, 4) is 10.8 Å². The quantitative estimate of drug-likeness (QED) is 0.363. The average Bonchev–Trinajstić information content (AvgIpc) is 3.51. The number of carbonyl (C=O) groups excluding carboxylic acids is 1. The van der Waals surface area contributed by atoms with Crippen LogP contribution in [-0.4, -0.2) is 49.9 Å². The largest absolute Gasteiger partial charge is 0.496 e. The highest BCUT2D eigenvalue weighted by Crippen LogP contribution is 2.31. The van der Waals surface area contributed by atoms with Gasteiger partial charge in [-0.2, -0.15) is 5.10 Å². The molecule has 3 aromatic heterocycles. The summed E-state index contributed by atoms with van der Waals surface area (Å²) in [5.41, 5.74) is 0.699. The molecule has 1 amide bonds. The number of hydrogen-bond acceptors (Lipinski definition) is 6. The number of para-hydroxylation sites is 1. The number of nitrogens with zero attached hydrogens (tertiary/aromatic N) is 5. The lowest BCUT2D eigenvalue weighted by molar-refractivity contribution is -0.134. The van der Waals surface area contributed by atoms with Gasteiger partial charge in [0.05, 0.1) is 12.5 Å². The van der Waals surface area contributed by atoms with E-state index in [2.05, 4.69) is 5.10 Å². The van der Waals surface area contributed by atoms with Gasteiger partial charge in [-0.05, 0) is 51.8 Å². The lowest BCUT2D eigenvalue weighted by atomic mass is 10.1. The van der Waals surface area contributed by atoms with Crippen molar-refractivity contribution in [2.45, 2.75) is 52.7 Å². The summed E-state index contributed by atoms with van der Waals surface area (Å²) in [4.78, 5) is 42.9. The maximum Gasteiger partial charge on any atom is 0.332 e. The van der Waals surface area contributed by atoms with E-state index in [9.17, 15) is 14.4 Å². The van der Waals surface area contributed by atoms with Crippen LogP contribution in [-0.2, 0) is 17.8 Å². The van der Waals surface area contributed by atoms with E-state index < -0.39 is 17.3 Å². The van der Waals surface area contributed by atoms with Gasteiger partial charge in [0.1, 0.15) is 21.6 Å². The van der Waals surface area contributed by atoms with Gasteiger partial charge in [-0.3, -0.25) is 14.2 Å². The van der Waals surface area contributed by atoms with Crippen molar-refractivity contribution >= 4 is 27.5 Å². The summed E-state index contributed by atoms with van der Waals surface area (Å²) >= 11 is 1.35. The average molecular weight is 510 g/mol. The number of rotatable bonds is 8. The van der Waals surface area contributed by atoms with Gasteiger partial charge in [-0.1, -0.05) is 29.5 Å². The Bertz CT molecular complexity index is 1510. The van der Waals surface area contributed by atoms with Gasteiger partial charge >= 0.3 is 5.69 Å². The van der Waals surface area contributed by atoms with Gasteiger partial charge < -0.3 is 9.64 Å². The van der Waals surface area contributed by atoms with Crippen molar-refractivity contribution in [2.24, 2.45) is 0 Å². The summed E-state index contributed by atoms with van der Waals surface area (Å²) in [6.07, 6.45) is 3.98. The summed E-state index contributed by atoms with van der Waals surface area (Å²) < 4.78 is 9.88. The molecule has 0 N–H and O–H groups in total.